The number of carbonyl (C=O) groups excluding carboxylic acids is 1. The van der Waals surface area contributed by atoms with Gasteiger partial charge in [0.05, 0.1) is 6.54 Å². The minimum Gasteiger partial charge on any atom is -0.349 e. The Balaban J connectivity index is 1.50. The molecule has 2 aromatic rings. The molecule has 0 atom stereocenters. The molecule has 3 rings (SSSR count). The molecular weight excluding hydrogens is 394 g/mol. The summed E-state index contributed by atoms with van der Waals surface area (Å²) < 4.78 is 15.0. The number of piperidine rings is 1. The van der Waals surface area contributed by atoms with Crippen LogP contribution in [0.3, 0.4) is 0 Å². The summed E-state index contributed by atoms with van der Waals surface area (Å²) >= 11 is 13.6. The Labute approximate surface area is 167 Å². The number of nitrogens with zero attached hydrogens (tertiary/aromatic N) is 1. The number of amides is 1. The molecule has 26 heavy (non-hydrogen) atoms. The lowest BCUT2D eigenvalue weighted by Crippen LogP contribution is -2.47. The highest BCUT2D eigenvalue weighted by molar-refractivity contribution is 7.11. The van der Waals surface area contributed by atoms with Crippen LogP contribution in [0, 0.1) is 6.92 Å². The SMILES string of the molecule is Cc1ccc(CN2CCC(F)(CNC(=O)c3cc(Cl)cc(Cl)c3)CC2)s1. The second-order valence-corrected chi connectivity index (χ2v) is 9.03. The highest BCUT2D eigenvalue weighted by Gasteiger charge is 2.35. The van der Waals surface area contributed by atoms with Gasteiger partial charge in [-0.1, -0.05) is 23.2 Å². The van der Waals surface area contributed by atoms with E-state index in [1.807, 2.05) is 0 Å². The molecule has 0 radical (unpaired) electrons. The Hall–Kier alpha value is -1.14. The summed E-state index contributed by atoms with van der Waals surface area (Å²) in [7, 11) is 0. The monoisotopic (exact) mass is 414 g/mol. The van der Waals surface area contributed by atoms with Crippen LogP contribution < -0.4 is 5.32 Å². The standard InChI is InChI=1S/C19H21Cl2FN2OS/c1-13-2-3-17(26-13)11-24-6-4-19(22,5-7-24)12-23-18(25)14-8-15(20)10-16(21)9-14/h2-3,8-10H,4-7,11-12H2,1H3,(H,23,25). The fourth-order valence-corrected chi connectivity index (χ4v) is 4.56. The second kappa shape index (κ2) is 8.26. The van der Waals surface area contributed by atoms with Crippen molar-refractivity contribution in [3.05, 3.63) is 55.7 Å². The number of benzene rings is 1. The van der Waals surface area contributed by atoms with Crippen molar-refractivity contribution in [2.75, 3.05) is 19.6 Å². The molecule has 2 heterocycles. The van der Waals surface area contributed by atoms with Gasteiger partial charge in [-0.25, -0.2) is 4.39 Å². The third-order valence-corrected chi connectivity index (χ3v) is 6.04. The molecule has 1 saturated heterocycles. The van der Waals surface area contributed by atoms with Crippen LogP contribution in [0.15, 0.2) is 30.3 Å². The Bertz CT molecular complexity index is 767. The first-order chi connectivity index (χ1) is 12.3. The molecule has 140 valence electrons. The second-order valence-electron chi connectivity index (χ2n) is 6.78. The number of carbonyl (C=O) groups is 1. The Morgan fingerprint density at radius 3 is 2.46 bits per heavy atom. The average molecular weight is 415 g/mol. The zero-order valence-corrected chi connectivity index (χ0v) is 16.9. The molecule has 0 unspecified atom stereocenters. The van der Waals surface area contributed by atoms with Crippen molar-refractivity contribution >= 4 is 40.4 Å². The van der Waals surface area contributed by atoms with Crippen molar-refractivity contribution in [3.8, 4) is 0 Å². The predicted octanol–water partition coefficient (Wildman–Crippen LogP) is 5.10. The number of halogens is 3. The lowest BCUT2D eigenvalue weighted by Gasteiger charge is -2.36. The molecule has 7 heteroatoms. The lowest BCUT2D eigenvalue weighted by atomic mass is 9.93. The molecule has 0 aliphatic carbocycles. The molecular formula is C19H21Cl2FN2OS. The van der Waals surface area contributed by atoms with E-state index in [1.54, 1.807) is 17.4 Å². The van der Waals surface area contributed by atoms with Crippen LogP contribution in [0.25, 0.3) is 0 Å². The van der Waals surface area contributed by atoms with E-state index >= 15 is 4.39 Å². The van der Waals surface area contributed by atoms with Crippen LogP contribution in [0.1, 0.15) is 33.0 Å². The highest BCUT2D eigenvalue weighted by atomic mass is 35.5. The van der Waals surface area contributed by atoms with Crippen molar-refractivity contribution in [2.45, 2.75) is 32.0 Å². The number of thiophene rings is 1. The summed E-state index contributed by atoms with van der Waals surface area (Å²) in [4.78, 5) is 17.1. The minimum atomic E-state index is -1.38. The fraction of sp³-hybridized carbons (Fsp3) is 0.421. The number of likely N-dealkylation sites (tertiary alicyclic amines) is 1. The number of hydrogen-bond donors (Lipinski definition) is 1. The van der Waals surface area contributed by atoms with Crippen molar-refractivity contribution in [1.82, 2.24) is 10.2 Å². The minimum absolute atomic E-state index is 0.00190. The van der Waals surface area contributed by atoms with E-state index in [9.17, 15) is 4.79 Å². The third-order valence-electron chi connectivity index (χ3n) is 4.62. The maximum atomic E-state index is 15.0. The van der Waals surface area contributed by atoms with Gasteiger partial charge in [0.1, 0.15) is 5.67 Å². The van der Waals surface area contributed by atoms with Crippen LogP contribution in [-0.4, -0.2) is 36.1 Å². The van der Waals surface area contributed by atoms with Crippen LogP contribution in [0.2, 0.25) is 10.0 Å². The van der Waals surface area contributed by atoms with E-state index in [0.717, 1.165) is 6.54 Å². The topological polar surface area (TPSA) is 32.3 Å². The summed E-state index contributed by atoms with van der Waals surface area (Å²) in [6.45, 7) is 4.33. The average Bonchev–Trinajstić information content (AvgIpc) is 2.99. The molecule has 1 N–H and O–H groups in total. The molecule has 1 amide bonds. The van der Waals surface area contributed by atoms with Gasteiger partial charge in [-0.3, -0.25) is 9.69 Å². The maximum Gasteiger partial charge on any atom is 0.251 e. The summed E-state index contributed by atoms with van der Waals surface area (Å²) in [6, 6.07) is 8.86. The molecule has 1 fully saturated rings. The Morgan fingerprint density at radius 1 is 1.23 bits per heavy atom. The van der Waals surface area contributed by atoms with E-state index in [1.165, 1.54) is 21.9 Å². The van der Waals surface area contributed by atoms with E-state index in [4.69, 9.17) is 23.2 Å². The van der Waals surface area contributed by atoms with Crippen LogP contribution in [0.5, 0.6) is 0 Å². The first-order valence-corrected chi connectivity index (χ1v) is 10.1. The van der Waals surface area contributed by atoms with Crippen LogP contribution in [-0.2, 0) is 6.54 Å². The summed E-state index contributed by atoms with van der Waals surface area (Å²) in [5, 5.41) is 3.45. The van der Waals surface area contributed by atoms with Crippen molar-refractivity contribution in [2.24, 2.45) is 0 Å². The summed E-state index contributed by atoms with van der Waals surface area (Å²) in [5.41, 5.74) is -1.03. The molecule has 0 saturated carbocycles. The first-order valence-electron chi connectivity index (χ1n) is 8.54. The van der Waals surface area contributed by atoms with Gasteiger partial charge in [0.25, 0.3) is 5.91 Å². The van der Waals surface area contributed by atoms with Crippen LogP contribution in [0.4, 0.5) is 4.39 Å². The molecule has 3 nitrogen and oxygen atoms in total. The van der Waals surface area contributed by atoms with Gasteiger partial charge in [0.15, 0.2) is 0 Å². The Morgan fingerprint density at radius 2 is 1.88 bits per heavy atom. The van der Waals surface area contributed by atoms with Crippen molar-refractivity contribution < 1.29 is 9.18 Å². The van der Waals surface area contributed by atoms with Gasteiger partial charge in [0, 0.05) is 45.0 Å². The normalized spacial score (nSPS) is 17.2. The predicted molar refractivity (Wildman–Crippen MR) is 106 cm³/mol. The van der Waals surface area contributed by atoms with Gasteiger partial charge < -0.3 is 5.32 Å². The fourth-order valence-electron chi connectivity index (χ4n) is 3.10. The lowest BCUT2D eigenvalue weighted by molar-refractivity contribution is 0.0521. The van der Waals surface area contributed by atoms with Gasteiger partial charge in [-0.2, -0.15) is 0 Å². The number of rotatable bonds is 5. The highest BCUT2D eigenvalue weighted by Crippen LogP contribution is 2.28. The van der Waals surface area contributed by atoms with Gasteiger partial charge in [-0.05, 0) is 50.1 Å². The van der Waals surface area contributed by atoms with Crippen molar-refractivity contribution in [3.63, 3.8) is 0 Å². The zero-order chi connectivity index (χ0) is 18.7. The molecule has 1 aliphatic rings. The smallest absolute Gasteiger partial charge is 0.251 e. The van der Waals surface area contributed by atoms with E-state index in [0.29, 0.717) is 41.5 Å². The zero-order valence-electron chi connectivity index (χ0n) is 14.5. The van der Waals surface area contributed by atoms with E-state index in [-0.39, 0.29) is 12.5 Å². The van der Waals surface area contributed by atoms with Crippen LogP contribution >= 0.6 is 34.5 Å². The van der Waals surface area contributed by atoms with E-state index < -0.39 is 5.67 Å². The number of alkyl halides is 1. The number of aryl methyl sites for hydroxylation is 1. The van der Waals surface area contributed by atoms with Gasteiger partial charge in [0.2, 0.25) is 0 Å². The number of hydrogen-bond acceptors (Lipinski definition) is 3. The quantitative estimate of drug-likeness (QED) is 0.737. The Kier molecular flexibility index (Phi) is 6.23. The maximum absolute atomic E-state index is 15.0. The van der Waals surface area contributed by atoms with Gasteiger partial charge >= 0.3 is 0 Å². The van der Waals surface area contributed by atoms with E-state index in [2.05, 4.69) is 29.3 Å². The van der Waals surface area contributed by atoms with Crippen molar-refractivity contribution in [1.29, 1.82) is 0 Å². The number of nitrogens with one attached hydrogen (secondary N) is 1. The first kappa shape index (κ1) is 19.6. The molecule has 1 aliphatic heterocycles. The largest absolute Gasteiger partial charge is 0.349 e. The molecule has 1 aromatic heterocycles. The summed E-state index contributed by atoms with van der Waals surface area (Å²) in [6.07, 6.45) is 0.821. The molecule has 0 spiro atoms. The summed E-state index contributed by atoms with van der Waals surface area (Å²) in [5.74, 6) is -0.358. The van der Waals surface area contributed by atoms with Gasteiger partial charge in [-0.15, -0.1) is 11.3 Å². The molecule has 1 aromatic carbocycles. The molecule has 0 bridgehead atoms. The third kappa shape index (κ3) is 5.19.